The van der Waals surface area contributed by atoms with Crippen LogP contribution in [0.1, 0.15) is 50.2 Å². The zero-order valence-corrected chi connectivity index (χ0v) is 17.5. The van der Waals surface area contributed by atoms with E-state index in [1.54, 1.807) is 50.4 Å². The quantitative estimate of drug-likeness (QED) is 0.462. The van der Waals surface area contributed by atoms with Crippen molar-refractivity contribution in [3.05, 3.63) is 82.2 Å². The van der Waals surface area contributed by atoms with E-state index >= 15 is 0 Å². The number of aliphatic imine (C=N–C) groups is 1. The van der Waals surface area contributed by atoms with Crippen molar-refractivity contribution in [2.45, 2.75) is 27.7 Å². The lowest BCUT2D eigenvalue weighted by molar-refractivity contribution is 0.0526. The van der Waals surface area contributed by atoms with Crippen LogP contribution in [0.5, 0.6) is 0 Å². The molecule has 1 heterocycles. The van der Waals surface area contributed by atoms with Crippen LogP contribution >= 0.6 is 0 Å². The Balaban J connectivity index is 1.91. The maximum atomic E-state index is 11.9. The number of carbonyl (C=O) groups excluding carboxylic acids is 1. The molecule has 6 nitrogen and oxygen atoms in total. The molecule has 0 amide bonds. The van der Waals surface area contributed by atoms with Crippen molar-refractivity contribution in [3.8, 4) is 5.69 Å². The third kappa shape index (κ3) is 4.17. The number of hydrogen-bond donors (Lipinski definition) is 1. The van der Waals surface area contributed by atoms with Gasteiger partial charge in [-0.3, -0.25) is 4.99 Å². The summed E-state index contributed by atoms with van der Waals surface area (Å²) in [5.41, 5.74) is 5.89. The number of esters is 1. The van der Waals surface area contributed by atoms with Crippen LogP contribution in [0, 0.1) is 20.8 Å². The Morgan fingerprint density at radius 2 is 1.80 bits per heavy atom. The molecule has 30 heavy (non-hydrogen) atoms. The van der Waals surface area contributed by atoms with Gasteiger partial charge in [0.1, 0.15) is 0 Å². The summed E-state index contributed by atoms with van der Waals surface area (Å²) in [6.45, 7) is 7.87. The van der Waals surface area contributed by atoms with Gasteiger partial charge in [-0.05, 0) is 75.7 Å². The molecule has 0 saturated carbocycles. The molecule has 6 heteroatoms. The van der Waals surface area contributed by atoms with Gasteiger partial charge in [0.25, 0.3) is 0 Å². The highest BCUT2D eigenvalue weighted by Gasteiger charge is 2.12. The monoisotopic (exact) mass is 404 g/mol. The molecule has 0 aliphatic heterocycles. The van der Waals surface area contributed by atoms with Crippen molar-refractivity contribution < 1.29 is 19.4 Å². The summed E-state index contributed by atoms with van der Waals surface area (Å²) >= 11 is 0. The van der Waals surface area contributed by atoms with Crippen molar-refractivity contribution in [1.82, 2.24) is 4.57 Å². The highest BCUT2D eigenvalue weighted by Crippen LogP contribution is 2.24. The van der Waals surface area contributed by atoms with Crippen molar-refractivity contribution in [2.24, 2.45) is 4.99 Å². The van der Waals surface area contributed by atoms with Crippen LogP contribution in [0.3, 0.4) is 0 Å². The van der Waals surface area contributed by atoms with Gasteiger partial charge in [0, 0.05) is 28.9 Å². The van der Waals surface area contributed by atoms with E-state index in [0.29, 0.717) is 23.4 Å². The van der Waals surface area contributed by atoms with Crippen molar-refractivity contribution >= 4 is 23.8 Å². The number of benzene rings is 2. The molecule has 154 valence electrons. The summed E-state index contributed by atoms with van der Waals surface area (Å²) in [5.74, 6) is -1.30. The highest BCUT2D eigenvalue weighted by atomic mass is 16.5. The van der Waals surface area contributed by atoms with Gasteiger partial charge in [-0.25, -0.2) is 9.59 Å². The lowest BCUT2D eigenvalue weighted by Crippen LogP contribution is -2.05. The highest BCUT2D eigenvalue weighted by molar-refractivity contribution is 5.92. The Morgan fingerprint density at radius 1 is 1.10 bits per heavy atom. The Hall–Kier alpha value is -3.67. The molecule has 0 radical (unpaired) electrons. The Kier molecular flexibility index (Phi) is 6.16. The number of rotatable bonds is 6. The first-order chi connectivity index (χ1) is 14.3. The molecule has 0 aliphatic carbocycles. The molecule has 2 aromatic carbocycles. The van der Waals surface area contributed by atoms with Gasteiger partial charge in [0.2, 0.25) is 0 Å². The second-order valence-corrected chi connectivity index (χ2v) is 6.94. The zero-order chi connectivity index (χ0) is 21.8. The van der Waals surface area contributed by atoms with Gasteiger partial charge in [-0.1, -0.05) is 6.07 Å². The van der Waals surface area contributed by atoms with Crippen LogP contribution in [0.15, 0.2) is 53.5 Å². The van der Waals surface area contributed by atoms with Gasteiger partial charge < -0.3 is 14.4 Å². The van der Waals surface area contributed by atoms with E-state index in [1.165, 1.54) is 0 Å². The van der Waals surface area contributed by atoms with Crippen molar-refractivity contribution in [3.63, 3.8) is 0 Å². The van der Waals surface area contributed by atoms with Crippen LogP contribution < -0.4 is 0 Å². The number of aryl methyl sites for hydroxylation is 1. The maximum absolute atomic E-state index is 11.9. The number of nitrogens with zero attached hydrogens (tertiary/aromatic N) is 2. The topological polar surface area (TPSA) is 80.9 Å². The first kappa shape index (κ1) is 21.0. The minimum atomic E-state index is -0.964. The number of aromatic carboxylic acids is 1. The predicted molar refractivity (Wildman–Crippen MR) is 117 cm³/mol. The number of aromatic nitrogens is 1. The molecule has 0 fully saturated rings. The largest absolute Gasteiger partial charge is 0.478 e. The molecule has 0 saturated heterocycles. The number of ether oxygens (including phenoxy) is 1. The summed E-state index contributed by atoms with van der Waals surface area (Å²) in [5, 5.41) is 9.28. The van der Waals surface area contributed by atoms with Crippen LogP contribution in [0.25, 0.3) is 5.69 Å². The van der Waals surface area contributed by atoms with E-state index in [0.717, 1.165) is 22.6 Å². The lowest BCUT2D eigenvalue weighted by Gasteiger charge is -2.10. The van der Waals surface area contributed by atoms with Gasteiger partial charge in [-0.15, -0.1) is 0 Å². The molecule has 0 bridgehead atoms. The number of carboxylic acids is 1. The average molecular weight is 404 g/mol. The summed E-state index contributed by atoms with van der Waals surface area (Å²) in [6.07, 6.45) is 1.75. The van der Waals surface area contributed by atoms with Crippen LogP contribution in [0.2, 0.25) is 0 Å². The minimum absolute atomic E-state index is 0.247. The molecular formula is C24H24N2O4. The SMILES string of the molecule is CCOC(=O)c1ccc(-n2c(C)cc(C=Nc3cccc(C(=O)O)c3C)c2C)cc1. The van der Waals surface area contributed by atoms with Gasteiger partial charge in [-0.2, -0.15) is 0 Å². The van der Waals surface area contributed by atoms with Crippen molar-refractivity contribution in [2.75, 3.05) is 6.61 Å². The molecular weight excluding hydrogens is 380 g/mol. The predicted octanol–water partition coefficient (Wildman–Crippen LogP) is 5.03. The fourth-order valence-electron chi connectivity index (χ4n) is 3.41. The average Bonchev–Trinajstić information content (AvgIpc) is 3.00. The first-order valence-electron chi connectivity index (χ1n) is 9.67. The molecule has 3 rings (SSSR count). The standard InChI is InChI=1S/C24H24N2O4/c1-5-30-24(29)18-9-11-20(12-10-18)26-15(2)13-19(17(26)4)14-25-22-8-6-7-21(16(22)3)23(27)28/h6-14H,5H2,1-4H3,(H,27,28). The molecule has 0 atom stereocenters. The lowest BCUT2D eigenvalue weighted by atomic mass is 10.1. The Labute approximate surface area is 175 Å². The third-order valence-corrected chi connectivity index (χ3v) is 4.99. The van der Waals surface area contributed by atoms with E-state index in [2.05, 4.69) is 9.56 Å². The molecule has 0 aliphatic rings. The van der Waals surface area contributed by atoms with E-state index < -0.39 is 5.97 Å². The van der Waals surface area contributed by atoms with Gasteiger partial charge >= 0.3 is 11.9 Å². The van der Waals surface area contributed by atoms with Gasteiger partial charge in [0.05, 0.1) is 23.4 Å². The van der Waals surface area contributed by atoms with E-state index in [1.807, 2.05) is 32.0 Å². The Morgan fingerprint density at radius 3 is 2.43 bits per heavy atom. The second-order valence-electron chi connectivity index (χ2n) is 6.94. The summed E-state index contributed by atoms with van der Waals surface area (Å²) in [6, 6.07) is 14.4. The van der Waals surface area contributed by atoms with E-state index in [9.17, 15) is 14.7 Å². The summed E-state index contributed by atoms with van der Waals surface area (Å²) in [7, 11) is 0. The summed E-state index contributed by atoms with van der Waals surface area (Å²) in [4.78, 5) is 27.7. The molecule has 1 N–H and O–H groups in total. The maximum Gasteiger partial charge on any atom is 0.338 e. The van der Waals surface area contributed by atoms with E-state index in [-0.39, 0.29) is 11.5 Å². The third-order valence-electron chi connectivity index (χ3n) is 4.99. The number of carbonyl (C=O) groups is 2. The van der Waals surface area contributed by atoms with Crippen LogP contribution in [0.4, 0.5) is 5.69 Å². The normalized spacial score (nSPS) is 11.1. The number of carboxylic acid groups (broad SMARTS) is 1. The zero-order valence-electron chi connectivity index (χ0n) is 17.5. The van der Waals surface area contributed by atoms with Gasteiger partial charge in [0.15, 0.2) is 0 Å². The fraction of sp³-hybridized carbons (Fsp3) is 0.208. The molecule has 1 aromatic heterocycles. The minimum Gasteiger partial charge on any atom is -0.478 e. The summed E-state index contributed by atoms with van der Waals surface area (Å²) < 4.78 is 7.11. The van der Waals surface area contributed by atoms with Crippen LogP contribution in [-0.2, 0) is 4.74 Å². The molecule has 3 aromatic rings. The first-order valence-corrected chi connectivity index (χ1v) is 9.67. The number of hydrogen-bond acceptors (Lipinski definition) is 4. The van der Waals surface area contributed by atoms with Crippen molar-refractivity contribution in [1.29, 1.82) is 0 Å². The van der Waals surface area contributed by atoms with Crippen LogP contribution in [-0.4, -0.2) is 34.4 Å². The fourth-order valence-corrected chi connectivity index (χ4v) is 3.41. The van der Waals surface area contributed by atoms with E-state index in [4.69, 9.17) is 4.74 Å². The molecule has 0 unspecified atom stereocenters. The second kappa shape index (κ2) is 8.78. The smallest absolute Gasteiger partial charge is 0.338 e. The Bertz CT molecular complexity index is 1120. The molecule has 0 spiro atoms.